The molecule has 0 unspecified atom stereocenters. The number of amides is 2. The summed E-state index contributed by atoms with van der Waals surface area (Å²) in [4.78, 5) is 30.2. The Bertz CT molecular complexity index is 1560. The number of rotatable bonds is 5. The molecule has 0 radical (unpaired) electrons. The number of ether oxygens (including phenoxy) is 1. The van der Waals surface area contributed by atoms with Gasteiger partial charge in [-0.05, 0) is 32.9 Å². The van der Waals surface area contributed by atoms with Crippen LogP contribution in [0.5, 0.6) is 0 Å². The van der Waals surface area contributed by atoms with Crippen molar-refractivity contribution >= 4 is 35.2 Å². The number of aromatic nitrogens is 6. The highest BCUT2D eigenvalue weighted by molar-refractivity contribution is 6.35. The summed E-state index contributed by atoms with van der Waals surface area (Å²) in [5.74, 6) is -1.18. The second kappa shape index (κ2) is 10.7. The summed E-state index contributed by atoms with van der Waals surface area (Å²) < 4.78 is 48.3. The van der Waals surface area contributed by atoms with Crippen LogP contribution in [-0.2, 0) is 10.9 Å². The summed E-state index contributed by atoms with van der Waals surface area (Å²) in [7, 11) is 0. The molecule has 4 rings (SSSR count). The average molecular weight is 577 g/mol. The second-order valence-corrected chi connectivity index (χ2v) is 9.48. The Morgan fingerprint density at radius 1 is 1.15 bits per heavy atom. The molecule has 0 fully saturated rings. The maximum absolute atomic E-state index is 14.2. The predicted octanol–water partition coefficient (Wildman–Crippen LogP) is 3.49. The van der Waals surface area contributed by atoms with E-state index in [4.69, 9.17) is 16.3 Å². The molecule has 1 aliphatic rings. The lowest BCUT2D eigenvalue weighted by Gasteiger charge is -2.20. The quantitative estimate of drug-likeness (QED) is 0.412. The first-order valence-electron chi connectivity index (χ1n) is 11.4. The van der Waals surface area contributed by atoms with E-state index in [0.717, 1.165) is 23.3 Å². The number of hydrogen-bond donors (Lipinski definition) is 3. The Hall–Kier alpha value is -4.91. The summed E-state index contributed by atoms with van der Waals surface area (Å²) in [6.45, 7) is 4.82. The summed E-state index contributed by atoms with van der Waals surface area (Å²) in [5.41, 5.74) is -3.25. The lowest BCUT2D eigenvalue weighted by Crippen LogP contribution is -2.34. The van der Waals surface area contributed by atoms with Gasteiger partial charge in [-0.25, -0.2) is 14.5 Å². The maximum atomic E-state index is 14.2. The number of carbonyl (C=O) groups excluding carboxylic acids is 2. The van der Waals surface area contributed by atoms with Gasteiger partial charge in [-0.15, -0.1) is 4.80 Å². The minimum atomic E-state index is -5.05. The number of halogens is 4. The number of anilines is 1. The van der Waals surface area contributed by atoms with Crippen LogP contribution in [0.3, 0.4) is 0 Å². The second-order valence-electron chi connectivity index (χ2n) is 9.11. The predicted molar refractivity (Wildman–Crippen MR) is 134 cm³/mol. The van der Waals surface area contributed by atoms with Gasteiger partial charge >= 0.3 is 12.3 Å². The van der Waals surface area contributed by atoms with E-state index in [-0.39, 0.29) is 40.2 Å². The van der Waals surface area contributed by atoms with E-state index >= 15 is 0 Å². The number of alkyl halides is 3. The van der Waals surface area contributed by atoms with Crippen molar-refractivity contribution in [2.45, 2.75) is 32.5 Å². The number of nitrogens with one attached hydrogen (secondary N) is 3. The van der Waals surface area contributed by atoms with E-state index in [2.05, 4.69) is 36.2 Å². The van der Waals surface area contributed by atoms with Gasteiger partial charge in [0.25, 0.3) is 5.91 Å². The van der Waals surface area contributed by atoms with Crippen LogP contribution in [0.4, 0.5) is 23.8 Å². The van der Waals surface area contributed by atoms with Crippen molar-refractivity contribution in [2.75, 3.05) is 11.9 Å². The molecule has 0 saturated heterocycles. The number of allylic oxidation sites excluding steroid dienone is 2. The van der Waals surface area contributed by atoms with E-state index < -0.39 is 35.0 Å². The van der Waals surface area contributed by atoms with E-state index in [0.29, 0.717) is 4.68 Å². The van der Waals surface area contributed by atoms with Crippen LogP contribution in [0, 0.1) is 11.3 Å². The number of nitrogens with zero attached hydrogens (tertiary/aromatic N) is 7. The molecule has 40 heavy (non-hydrogen) atoms. The zero-order valence-electron chi connectivity index (χ0n) is 21.0. The van der Waals surface area contributed by atoms with Crippen LogP contribution in [-0.4, -0.2) is 53.9 Å². The molecule has 17 heteroatoms. The Labute approximate surface area is 229 Å². The zero-order chi connectivity index (χ0) is 29.2. The molecule has 1 aliphatic heterocycles. The third-order valence-electron chi connectivity index (χ3n) is 5.03. The van der Waals surface area contributed by atoms with Crippen molar-refractivity contribution in [3.05, 3.63) is 64.5 Å². The number of hydrogen-bond acceptors (Lipinski definition) is 9. The molecule has 208 valence electrons. The normalized spacial score (nSPS) is 13.7. The Kier molecular flexibility index (Phi) is 7.51. The highest BCUT2D eigenvalue weighted by Gasteiger charge is 2.41. The molecule has 0 atom stereocenters. The molecule has 3 aromatic rings. The highest BCUT2D eigenvalue weighted by atomic mass is 35.5. The van der Waals surface area contributed by atoms with Gasteiger partial charge in [-0.3, -0.25) is 10.1 Å². The molecule has 0 spiro atoms. The molecule has 3 N–H and O–H groups in total. The van der Waals surface area contributed by atoms with Crippen LogP contribution in [0.1, 0.15) is 36.8 Å². The Morgan fingerprint density at radius 2 is 1.85 bits per heavy atom. The van der Waals surface area contributed by atoms with Gasteiger partial charge in [0.15, 0.2) is 17.3 Å². The number of dihydropyridines is 1. The summed E-state index contributed by atoms with van der Waals surface area (Å²) in [6, 6.07) is 3.05. The van der Waals surface area contributed by atoms with Gasteiger partial charge in [-0.2, -0.15) is 33.7 Å². The minimum absolute atomic E-state index is 0.0399. The number of pyridine rings is 1. The third kappa shape index (κ3) is 6.04. The first kappa shape index (κ1) is 28.1. The monoisotopic (exact) mass is 576 g/mol. The van der Waals surface area contributed by atoms with Gasteiger partial charge in [0.1, 0.15) is 16.7 Å². The topological polar surface area (TPSA) is 165 Å². The smallest absolute Gasteiger partial charge is 0.434 e. The fourth-order valence-electron chi connectivity index (χ4n) is 3.51. The van der Waals surface area contributed by atoms with Crippen LogP contribution in [0.2, 0.25) is 5.02 Å². The molecule has 0 aromatic carbocycles. The molecule has 13 nitrogen and oxygen atoms in total. The van der Waals surface area contributed by atoms with Gasteiger partial charge in [0, 0.05) is 11.9 Å². The summed E-state index contributed by atoms with van der Waals surface area (Å²) >= 11 is 6.29. The lowest BCUT2D eigenvalue weighted by molar-refractivity contribution is -0.143. The molecule has 4 heterocycles. The Morgan fingerprint density at radius 3 is 2.48 bits per heavy atom. The molecular weight excluding hydrogens is 557 g/mol. The van der Waals surface area contributed by atoms with E-state index in [1.807, 2.05) is 6.07 Å². The molecular formula is C23H20ClF3N10O3. The van der Waals surface area contributed by atoms with E-state index in [1.165, 1.54) is 18.5 Å². The van der Waals surface area contributed by atoms with Crippen molar-refractivity contribution in [1.82, 2.24) is 40.4 Å². The Balaban J connectivity index is 1.66. The SMILES string of the molecule is CC(C)(C)OC(=O)Nc1nccc(-n2ncc(C(=O)NC3=CC(C#N)=C(n4nccn4)NC3)c2C(F)(F)F)c1Cl. The van der Waals surface area contributed by atoms with Crippen molar-refractivity contribution in [3.63, 3.8) is 0 Å². The van der Waals surface area contributed by atoms with Crippen LogP contribution >= 0.6 is 11.6 Å². The van der Waals surface area contributed by atoms with Gasteiger partial charge < -0.3 is 15.4 Å². The minimum Gasteiger partial charge on any atom is -0.444 e. The van der Waals surface area contributed by atoms with Crippen molar-refractivity contribution in [3.8, 4) is 11.8 Å². The third-order valence-corrected chi connectivity index (χ3v) is 5.40. The highest BCUT2D eigenvalue weighted by Crippen LogP contribution is 2.36. The first-order chi connectivity index (χ1) is 18.8. The molecule has 0 saturated carbocycles. The van der Waals surface area contributed by atoms with Crippen LogP contribution in [0.25, 0.3) is 11.5 Å². The molecule has 2 amide bonds. The van der Waals surface area contributed by atoms with Crippen molar-refractivity contribution in [2.24, 2.45) is 0 Å². The fourth-order valence-corrected chi connectivity index (χ4v) is 3.75. The van der Waals surface area contributed by atoms with Crippen LogP contribution in [0.15, 0.2) is 48.2 Å². The van der Waals surface area contributed by atoms with E-state index in [9.17, 15) is 28.0 Å². The zero-order valence-corrected chi connectivity index (χ0v) is 21.8. The van der Waals surface area contributed by atoms with Crippen LogP contribution < -0.4 is 16.0 Å². The number of carbonyl (C=O) groups is 2. The number of nitriles is 1. The standard InChI is InChI=1S/C23H20ClF3N10O3/c1-22(2,3)40-21(39)35-18-16(24)15(4-5-29-18)36-17(23(25,26)27)14(11-33-36)20(38)34-13-8-12(9-28)19(30-10-13)37-31-6-7-32-37/h4-8,11,30H,10H2,1-3H3,(H,34,38)(H,29,35,39). The first-order valence-corrected chi connectivity index (χ1v) is 11.7. The maximum Gasteiger partial charge on any atom is 0.434 e. The fraction of sp³-hybridized carbons (Fsp3) is 0.261. The van der Waals surface area contributed by atoms with E-state index in [1.54, 1.807) is 20.8 Å². The van der Waals surface area contributed by atoms with Crippen molar-refractivity contribution < 1.29 is 27.5 Å². The summed E-state index contributed by atoms with van der Waals surface area (Å²) in [6.07, 6.45) is -0.0620. The largest absolute Gasteiger partial charge is 0.444 e. The summed E-state index contributed by atoms with van der Waals surface area (Å²) in [5, 5.41) is 28.2. The van der Waals surface area contributed by atoms with Gasteiger partial charge in [-0.1, -0.05) is 11.6 Å². The van der Waals surface area contributed by atoms with Gasteiger partial charge in [0.2, 0.25) is 0 Å². The van der Waals surface area contributed by atoms with Crippen molar-refractivity contribution in [1.29, 1.82) is 5.26 Å². The molecule has 0 aliphatic carbocycles. The lowest BCUT2D eigenvalue weighted by atomic mass is 10.1. The molecule has 3 aromatic heterocycles. The van der Waals surface area contributed by atoms with Gasteiger partial charge in [0.05, 0.1) is 42.0 Å². The average Bonchev–Trinajstić information content (AvgIpc) is 3.54. The molecule has 0 bridgehead atoms.